The molecular formula is C22H23FN2O3. The lowest BCUT2D eigenvalue weighted by molar-refractivity contribution is -0.135. The van der Waals surface area contributed by atoms with E-state index in [1.165, 1.54) is 6.07 Å². The van der Waals surface area contributed by atoms with E-state index < -0.39 is 5.41 Å². The first-order valence-electron chi connectivity index (χ1n) is 9.53. The van der Waals surface area contributed by atoms with Crippen LogP contribution in [0.1, 0.15) is 28.8 Å². The smallest absolute Gasteiger partial charge is 0.257 e. The maximum atomic E-state index is 14.2. The zero-order valence-electron chi connectivity index (χ0n) is 15.9. The molecule has 5 nitrogen and oxygen atoms in total. The van der Waals surface area contributed by atoms with Crippen molar-refractivity contribution in [3.63, 3.8) is 0 Å². The van der Waals surface area contributed by atoms with Crippen LogP contribution < -0.4 is 4.74 Å². The molecule has 0 atom stereocenters. The van der Waals surface area contributed by atoms with E-state index in [9.17, 15) is 14.0 Å². The number of carbonyl (C=O) groups excluding carboxylic acids is 2. The van der Waals surface area contributed by atoms with Crippen LogP contribution in [0.2, 0.25) is 0 Å². The Kier molecular flexibility index (Phi) is 4.79. The van der Waals surface area contributed by atoms with E-state index in [2.05, 4.69) is 0 Å². The highest BCUT2D eigenvalue weighted by Gasteiger charge is 2.54. The van der Waals surface area contributed by atoms with E-state index in [4.69, 9.17) is 4.74 Å². The first kappa shape index (κ1) is 18.5. The van der Waals surface area contributed by atoms with Crippen molar-refractivity contribution in [1.29, 1.82) is 0 Å². The van der Waals surface area contributed by atoms with E-state index in [0.29, 0.717) is 55.9 Å². The summed E-state index contributed by atoms with van der Waals surface area (Å²) < 4.78 is 19.5. The molecule has 0 N–H and O–H groups in total. The molecule has 6 heteroatoms. The van der Waals surface area contributed by atoms with Crippen molar-refractivity contribution in [2.45, 2.75) is 18.3 Å². The fourth-order valence-corrected chi connectivity index (χ4v) is 3.98. The number of nitrogens with zero attached hydrogens (tertiary/aromatic N) is 2. The molecule has 0 spiro atoms. The molecular weight excluding hydrogens is 359 g/mol. The number of benzene rings is 2. The Morgan fingerprint density at radius 3 is 2.18 bits per heavy atom. The van der Waals surface area contributed by atoms with Crippen molar-refractivity contribution in [3.05, 3.63) is 65.5 Å². The summed E-state index contributed by atoms with van der Waals surface area (Å²) >= 11 is 0. The molecule has 4 rings (SSSR count). The van der Waals surface area contributed by atoms with Gasteiger partial charge in [0.25, 0.3) is 5.91 Å². The summed E-state index contributed by atoms with van der Waals surface area (Å²) in [4.78, 5) is 29.5. The maximum Gasteiger partial charge on any atom is 0.257 e. The lowest BCUT2D eigenvalue weighted by Crippen LogP contribution is -2.53. The van der Waals surface area contributed by atoms with Crippen molar-refractivity contribution in [1.82, 2.24) is 9.80 Å². The second-order valence-electron chi connectivity index (χ2n) is 7.35. The minimum absolute atomic E-state index is 0.0259. The number of carbonyl (C=O) groups is 2. The number of hydrogen-bond donors (Lipinski definition) is 0. The topological polar surface area (TPSA) is 49.9 Å². The number of ether oxygens (including phenoxy) is 1. The van der Waals surface area contributed by atoms with E-state index >= 15 is 0 Å². The Hall–Kier alpha value is -2.89. The van der Waals surface area contributed by atoms with Gasteiger partial charge in [-0.2, -0.15) is 0 Å². The van der Waals surface area contributed by atoms with Gasteiger partial charge < -0.3 is 14.5 Å². The summed E-state index contributed by atoms with van der Waals surface area (Å²) in [6, 6.07) is 13.7. The average Bonchev–Trinajstić information content (AvgIpc) is 3.55. The number of amides is 2. The number of para-hydroxylation sites is 1. The molecule has 28 heavy (non-hydrogen) atoms. The summed E-state index contributed by atoms with van der Waals surface area (Å²) in [6.07, 6.45) is 1.35. The van der Waals surface area contributed by atoms with Crippen LogP contribution in [0.15, 0.2) is 48.5 Å². The Balaban J connectivity index is 1.44. The van der Waals surface area contributed by atoms with Gasteiger partial charge in [-0.05, 0) is 31.0 Å². The fourth-order valence-electron chi connectivity index (χ4n) is 3.98. The second-order valence-corrected chi connectivity index (χ2v) is 7.35. The van der Waals surface area contributed by atoms with Gasteiger partial charge in [-0.15, -0.1) is 0 Å². The molecule has 1 saturated heterocycles. The molecule has 1 saturated carbocycles. The maximum absolute atomic E-state index is 14.2. The number of methoxy groups -OCH3 is 1. The Morgan fingerprint density at radius 2 is 1.54 bits per heavy atom. The fraction of sp³-hybridized carbons (Fsp3) is 0.364. The Bertz CT molecular complexity index is 902. The van der Waals surface area contributed by atoms with E-state index in [-0.39, 0.29) is 17.6 Å². The van der Waals surface area contributed by atoms with Gasteiger partial charge in [0.05, 0.1) is 18.1 Å². The van der Waals surface area contributed by atoms with Gasteiger partial charge in [-0.1, -0.05) is 30.3 Å². The van der Waals surface area contributed by atoms with Gasteiger partial charge >= 0.3 is 0 Å². The highest BCUT2D eigenvalue weighted by atomic mass is 19.1. The van der Waals surface area contributed by atoms with Crippen molar-refractivity contribution in [3.8, 4) is 5.75 Å². The van der Waals surface area contributed by atoms with Crippen molar-refractivity contribution >= 4 is 11.8 Å². The summed E-state index contributed by atoms with van der Waals surface area (Å²) in [7, 11) is 1.54. The van der Waals surface area contributed by atoms with Crippen LogP contribution in [-0.4, -0.2) is 54.9 Å². The molecule has 0 radical (unpaired) electrons. The normalized spacial score (nSPS) is 17.9. The summed E-state index contributed by atoms with van der Waals surface area (Å²) in [5.74, 6) is 0.0996. The molecule has 1 aliphatic heterocycles. The molecule has 0 unspecified atom stereocenters. The largest absolute Gasteiger partial charge is 0.496 e. The third-order valence-corrected chi connectivity index (χ3v) is 5.74. The third kappa shape index (κ3) is 3.13. The number of rotatable bonds is 4. The Morgan fingerprint density at radius 1 is 0.929 bits per heavy atom. The zero-order chi connectivity index (χ0) is 19.7. The first-order valence-corrected chi connectivity index (χ1v) is 9.53. The van der Waals surface area contributed by atoms with Crippen LogP contribution in [0.4, 0.5) is 4.39 Å². The van der Waals surface area contributed by atoms with E-state index in [0.717, 1.165) is 0 Å². The summed E-state index contributed by atoms with van der Waals surface area (Å²) in [6.45, 7) is 1.82. The van der Waals surface area contributed by atoms with Gasteiger partial charge in [-0.25, -0.2) is 4.39 Å². The molecule has 2 aromatic rings. The van der Waals surface area contributed by atoms with Crippen molar-refractivity contribution in [2.75, 3.05) is 33.3 Å². The lowest BCUT2D eigenvalue weighted by atomic mass is 9.93. The minimum atomic E-state index is -0.722. The molecule has 1 aliphatic carbocycles. The van der Waals surface area contributed by atoms with Crippen molar-refractivity contribution < 1.29 is 18.7 Å². The van der Waals surface area contributed by atoms with Gasteiger partial charge in [-0.3, -0.25) is 9.59 Å². The SMILES string of the molecule is COc1ccccc1C(=O)N1CCN(C(=O)C2(c3ccccc3F)CC2)CC1. The van der Waals surface area contributed by atoms with Crippen LogP contribution in [0.3, 0.4) is 0 Å². The van der Waals surface area contributed by atoms with Crippen LogP contribution in [0, 0.1) is 5.82 Å². The summed E-state index contributed by atoms with van der Waals surface area (Å²) in [5, 5.41) is 0. The average molecular weight is 382 g/mol. The first-order chi connectivity index (χ1) is 13.6. The standard InChI is InChI=1S/C22H23FN2O3/c1-28-19-9-5-2-6-16(19)20(26)24-12-14-25(15-13-24)21(27)22(10-11-22)17-7-3-4-8-18(17)23/h2-9H,10-15H2,1H3. The van der Waals surface area contributed by atoms with E-state index in [1.807, 2.05) is 6.07 Å². The zero-order valence-corrected chi connectivity index (χ0v) is 15.9. The molecule has 2 aromatic carbocycles. The third-order valence-electron chi connectivity index (χ3n) is 5.74. The van der Waals surface area contributed by atoms with Gasteiger partial charge in [0.2, 0.25) is 5.91 Å². The predicted octanol–water partition coefficient (Wildman–Crippen LogP) is 2.85. The molecule has 0 aromatic heterocycles. The van der Waals surface area contributed by atoms with Gasteiger partial charge in [0, 0.05) is 31.7 Å². The van der Waals surface area contributed by atoms with Crippen LogP contribution >= 0.6 is 0 Å². The molecule has 2 aliphatic rings. The van der Waals surface area contributed by atoms with Gasteiger partial charge in [0.15, 0.2) is 0 Å². The highest BCUT2D eigenvalue weighted by molar-refractivity contribution is 5.97. The summed E-state index contributed by atoms with van der Waals surface area (Å²) in [5.41, 5.74) is 0.294. The highest BCUT2D eigenvalue weighted by Crippen LogP contribution is 2.50. The predicted molar refractivity (Wildman–Crippen MR) is 103 cm³/mol. The Labute approximate surface area is 163 Å². The molecule has 1 heterocycles. The van der Waals surface area contributed by atoms with E-state index in [1.54, 1.807) is 53.3 Å². The van der Waals surface area contributed by atoms with Crippen molar-refractivity contribution in [2.24, 2.45) is 0 Å². The molecule has 146 valence electrons. The second kappa shape index (κ2) is 7.26. The lowest BCUT2D eigenvalue weighted by Gasteiger charge is -2.37. The minimum Gasteiger partial charge on any atom is -0.496 e. The number of hydrogen-bond acceptors (Lipinski definition) is 3. The number of piperazine rings is 1. The van der Waals surface area contributed by atoms with Crippen LogP contribution in [0.5, 0.6) is 5.75 Å². The quantitative estimate of drug-likeness (QED) is 0.817. The molecule has 0 bridgehead atoms. The molecule has 2 fully saturated rings. The number of halogens is 1. The molecule has 2 amide bonds. The van der Waals surface area contributed by atoms with Crippen LogP contribution in [0.25, 0.3) is 0 Å². The van der Waals surface area contributed by atoms with Crippen LogP contribution in [-0.2, 0) is 10.2 Å². The van der Waals surface area contributed by atoms with Gasteiger partial charge in [0.1, 0.15) is 11.6 Å². The monoisotopic (exact) mass is 382 g/mol.